The van der Waals surface area contributed by atoms with Gasteiger partial charge in [0.1, 0.15) is 5.75 Å². The van der Waals surface area contributed by atoms with E-state index in [1.54, 1.807) is 29.2 Å². The molecule has 2 aromatic rings. The van der Waals surface area contributed by atoms with Crippen molar-refractivity contribution in [2.24, 2.45) is 5.92 Å². The number of carbonyl (C=O) groups excluding carboxylic acids is 2. The van der Waals surface area contributed by atoms with Crippen LogP contribution in [0.25, 0.3) is 0 Å². The number of benzene rings is 2. The van der Waals surface area contributed by atoms with Gasteiger partial charge in [-0.15, -0.1) is 0 Å². The highest BCUT2D eigenvalue weighted by atomic mass is 79.9. The zero-order chi connectivity index (χ0) is 16.4. The van der Waals surface area contributed by atoms with Crippen LogP contribution in [0.15, 0.2) is 53.0 Å². The molecule has 4 nitrogen and oxygen atoms in total. The van der Waals surface area contributed by atoms with E-state index >= 15 is 0 Å². The maximum absolute atomic E-state index is 12.3. The van der Waals surface area contributed by atoms with Crippen LogP contribution in [-0.2, 0) is 9.59 Å². The van der Waals surface area contributed by atoms with Crippen LogP contribution in [0.3, 0.4) is 0 Å². The van der Waals surface area contributed by atoms with E-state index in [1.807, 2.05) is 31.2 Å². The zero-order valence-electron chi connectivity index (χ0n) is 12.7. The highest BCUT2D eigenvalue weighted by molar-refractivity contribution is 9.10. The molecule has 5 heteroatoms. The molecule has 1 aliphatic rings. The van der Waals surface area contributed by atoms with Gasteiger partial charge in [-0.1, -0.05) is 33.6 Å². The van der Waals surface area contributed by atoms with Gasteiger partial charge in [0.2, 0.25) is 5.91 Å². The fraction of sp³-hybridized carbons (Fsp3) is 0.222. The van der Waals surface area contributed by atoms with Gasteiger partial charge < -0.3 is 9.64 Å². The smallest absolute Gasteiger partial charge is 0.316 e. The Labute approximate surface area is 143 Å². The minimum absolute atomic E-state index is 0.0494. The molecule has 3 rings (SSSR count). The van der Waals surface area contributed by atoms with Gasteiger partial charge in [0.25, 0.3) is 0 Å². The fourth-order valence-electron chi connectivity index (χ4n) is 2.54. The molecule has 0 radical (unpaired) electrons. The number of hydrogen-bond donors (Lipinski definition) is 0. The SMILES string of the molecule is Cc1ccc(N2C[C@H](C(=O)Oc3ccc(Br)cc3)CC2=O)cc1. The number of amides is 1. The van der Waals surface area contributed by atoms with Crippen molar-refractivity contribution in [3.8, 4) is 5.75 Å². The summed E-state index contributed by atoms with van der Waals surface area (Å²) in [5, 5.41) is 0. The molecule has 1 saturated heterocycles. The summed E-state index contributed by atoms with van der Waals surface area (Å²) in [4.78, 5) is 26.1. The van der Waals surface area contributed by atoms with E-state index < -0.39 is 5.92 Å². The first-order valence-electron chi connectivity index (χ1n) is 7.37. The lowest BCUT2D eigenvalue weighted by atomic mass is 10.1. The summed E-state index contributed by atoms with van der Waals surface area (Å²) in [5.74, 6) is -0.367. The van der Waals surface area contributed by atoms with E-state index in [2.05, 4.69) is 15.9 Å². The topological polar surface area (TPSA) is 46.6 Å². The normalized spacial score (nSPS) is 17.4. The Morgan fingerprint density at radius 3 is 2.43 bits per heavy atom. The van der Waals surface area contributed by atoms with Gasteiger partial charge in [0, 0.05) is 23.1 Å². The summed E-state index contributed by atoms with van der Waals surface area (Å²) in [6, 6.07) is 14.8. The van der Waals surface area contributed by atoms with E-state index in [0.29, 0.717) is 12.3 Å². The Hall–Kier alpha value is -2.14. The van der Waals surface area contributed by atoms with Crippen molar-refractivity contribution in [2.45, 2.75) is 13.3 Å². The van der Waals surface area contributed by atoms with Gasteiger partial charge in [-0.05, 0) is 43.3 Å². The molecule has 1 fully saturated rings. The Morgan fingerprint density at radius 2 is 1.78 bits per heavy atom. The second-order valence-corrected chi connectivity index (χ2v) is 6.53. The molecular formula is C18H16BrNO3. The summed E-state index contributed by atoms with van der Waals surface area (Å²) in [6.07, 6.45) is 0.184. The van der Waals surface area contributed by atoms with Crippen molar-refractivity contribution in [1.29, 1.82) is 0 Å². The third-order valence-electron chi connectivity index (χ3n) is 3.84. The first-order valence-corrected chi connectivity index (χ1v) is 8.16. The van der Waals surface area contributed by atoms with Crippen LogP contribution in [-0.4, -0.2) is 18.4 Å². The van der Waals surface area contributed by atoms with Crippen LogP contribution in [0.4, 0.5) is 5.69 Å². The number of aryl methyl sites for hydroxylation is 1. The van der Waals surface area contributed by atoms with Crippen molar-refractivity contribution in [3.05, 3.63) is 58.6 Å². The van der Waals surface area contributed by atoms with Crippen LogP contribution in [0.2, 0.25) is 0 Å². The number of rotatable bonds is 3. The Morgan fingerprint density at radius 1 is 1.13 bits per heavy atom. The van der Waals surface area contributed by atoms with Crippen molar-refractivity contribution < 1.29 is 14.3 Å². The first-order chi connectivity index (χ1) is 11.0. The number of carbonyl (C=O) groups is 2. The van der Waals surface area contributed by atoms with Crippen LogP contribution in [0, 0.1) is 12.8 Å². The lowest BCUT2D eigenvalue weighted by Crippen LogP contribution is -2.27. The quantitative estimate of drug-likeness (QED) is 0.608. The number of anilines is 1. The predicted octanol–water partition coefficient (Wildman–Crippen LogP) is 3.72. The summed E-state index contributed by atoms with van der Waals surface area (Å²) in [5.41, 5.74) is 1.95. The maximum Gasteiger partial charge on any atom is 0.316 e. The number of esters is 1. The number of ether oxygens (including phenoxy) is 1. The van der Waals surface area contributed by atoms with E-state index in [9.17, 15) is 9.59 Å². The summed E-state index contributed by atoms with van der Waals surface area (Å²) >= 11 is 3.33. The van der Waals surface area contributed by atoms with Crippen molar-refractivity contribution >= 4 is 33.5 Å². The fourth-order valence-corrected chi connectivity index (χ4v) is 2.81. The number of hydrogen-bond acceptors (Lipinski definition) is 3. The van der Waals surface area contributed by atoms with Crippen molar-refractivity contribution in [3.63, 3.8) is 0 Å². The molecule has 0 bridgehead atoms. The van der Waals surface area contributed by atoms with Gasteiger partial charge in [0.05, 0.1) is 5.92 Å². The molecular weight excluding hydrogens is 358 g/mol. The molecule has 118 valence electrons. The van der Waals surface area contributed by atoms with Gasteiger partial charge in [0.15, 0.2) is 0 Å². The molecule has 0 saturated carbocycles. The van der Waals surface area contributed by atoms with Gasteiger partial charge >= 0.3 is 5.97 Å². The van der Waals surface area contributed by atoms with Crippen LogP contribution in [0.5, 0.6) is 5.75 Å². The Bertz CT molecular complexity index is 725. The van der Waals surface area contributed by atoms with Crippen LogP contribution < -0.4 is 9.64 Å². The summed E-state index contributed by atoms with van der Waals surface area (Å²) < 4.78 is 6.28. The second-order valence-electron chi connectivity index (χ2n) is 5.62. The minimum Gasteiger partial charge on any atom is -0.426 e. The van der Waals surface area contributed by atoms with E-state index in [1.165, 1.54) is 0 Å². The van der Waals surface area contributed by atoms with Crippen LogP contribution >= 0.6 is 15.9 Å². The standard InChI is InChI=1S/C18H16BrNO3/c1-12-2-6-15(7-3-12)20-11-13(10-17(20)21)18(22)23-16-8-4-14(19)5-9-16/h2-9,13H,10-11H2,1H3/t13-/m1/s1. The highest BCUT2D eigenvalue weighted by Crippen LogP contribution is 2.27. The molecule has 0 unspecified atom stereocenters. The molecule has 0 N–H and O–H groups in total. The Balaban J connectivity index is 1.68. The third kappa shape index (κ3) is 3.62. The van der Waals surface area contributed by atoms with E-state index in [-0.39, 0.29) is 18.3 Å². The number of nitrogens with zero attached hydrogens (tertiary/aromatic N) is 1. The molecule has 1 amide bonds. The van der Waals surface area contributed by atoms with Crippen molar-refractivity contribution in [1.82, 2.24) is 0 Å². The van der Waals surface area contributed by atoms with Crippen LogP contribution in [0.1, 0.15) is 12.0 Å². The lowest BCUT2D eigenvalue weighted by molar-refractivity contribution is -0.139. The average Bonchev–Trinajstić information content (AvgIpc) is 2.92. The molecule has 0 aromatic heterocycles. The lowest BCUT2D eigenvalue weighted by Gasteiger charge is -2.16. The van der Waals surface area contributed by atoms with Crippen molar-refractivity contribution in [2.75, 3.05) is 11.4 Å². The Kier molecular flexibility index (Phi) is 4.48. The molecule has 1 aliphatic heterocycles. The molecule has 23 heavy (non-hydrogen) atoms. The van der Waals surface area contributed by atoms with Gasteiger partial charge in [-0.25, -0.2) is 0 Å². The van der Waals surface area contributed by atoms with Gasteiger partial charge in [-0.2, -0.15) is 0 Å². The molecule has 1 heterocycles. The monoisotopic (exact) mass is 373 g/mol. The summed E-state index contributed by atoms with van der Waals surface area (Å²) in [6.45, 7) is 2.35. The summed E-state index contributed by atoms with van der Waals surface area (Å²) in [7, 11) is 0. The largest absolute Gasteiger partial charge is 0.426 e. The second kappa shape index (κ2) is 6.54. The minimum atomic E-state index is -0.438. The molecule has 2 aromatic carbocycles. The molecule has 0 aliphatic carbocycles. The first kappa shape index (κ1) is 15.7. The number of halogens is 1. The molecule has 0 spiro atoms. The third-order valence-corrected chi connectivity index (χ3v) is 4.36. The maximum atomic E-state index is 12.3. The molecule has 1 atom stereocenters. The van der Waals surface area contributed by atoms with Gasteiger partial charge in [-0.3, -0.25) is 9.59 Å². The average molecular weight is 374 g/mol. The predicted molar refractivity (Wildman–Crippen MR) is 91.4 cm³/mol. The zero-order valence-corrected chi connectivity index (χ0v) is 14.2. The van der Waals surface area contributed by atoms with E-state index in [4.69, 9.17) is 4.74 Å². The highest BCUT2D eigenvalue weighted by Gasteiger charge is 2.36. The van der Waals surface area contributed by atoms with E-state index in [0.717, 1.165) is 15.7 Å².